The van der Waals surface area contributed by atoms with Gasteiger partial charge < -0.3 is 4.74 Å². The minimum absolute atomic E-state index is 0.587. The molecular formula is C9H14OS2. The van der Waals surface area contributed by atoms with E-state index in [1.165, 1.54) is 31.0 Å². The van der Waals surface area contributed by atoms with Crippen LogP contribution in [0.1, 0.15) is 19.3 Å². The van der Waals surface area contributed by atoms with Crippen LogP contribution in [-0.2, 0) is 4.74 Å². The number of hydrogen-bond acceptors (Lipinski definition) is 3. The third-order valence-electron chi connectivity index (χ3n) is 1.94. The zero-order valence-electron chi connectivity index (χ0n) is 7.29. The monoisotopic (exact) mass is 202 g/mol. The molecule has 0 aromatic carbocycles. The molecule has 0 saturated heterocycles. The summed E-state index contributed by atoms with van der Waals surface area (Å²) in [5.74, 6) is 0.587. The highest BCUT2D eigenvalue weighted by molar-refractivity contribution is 8.22. The quantitative estimate of drug-likeness (QED) is 0.503. The Kier molecular flexibility index (Phi) is 4.69. The topological polar surface area (TPSA) is 9.23 Å². The molecule has 3 heteroatoms. The third-order valence-corrected chi connectivity index (χ3v) is 3.00. The Morgan fingerprint density at radius 1 is 1.75 bits per heavy atom. The van der Waals surface area contributed by atoms with Crippen LogP contribution >= 0.6 is 24.0 Å². The van der Waals surface area contributed by atoms with Gasteiger partial charge in [-0.2, -0.15) is 0 Å². The predicted molar refractivity (Wildman–Crippen MR) is 58.5 cm³/mol. The highest BCUT2D eigenvalue weighted by Gasteiger charge is 2.09. The molecule has 0 fully saturated rings. The van der Waals surface area contributed by atoms with Crippen LogP contribution < -0.4 is 0 Å². The molecule has 1 atom stereocenters. The van der Waals surface area contributed by atoms with Crippen molar-refractivity contribution in [3.05, 3.63) is 12.2 Å². The molecule has 1 aliphatic rings. The first kappa shape index (κ1) is 10.1. The van der Waals surface area contributed by atoms with E-state index in [1.807, 2.05) is 6.26 Å². The van der Waals surface area contributed by atoms with Gasteiger partial charge in [0.1, 0.15) is 0 Å². The van der Waals surface area contributed by atoms with E-state index >= 15 is 0 Å². The molecule has 0 N–H and O–H groups in total. The van der Waals surface area contributed by atoms with Gasteiger partial charge in [0, 0.05) is 5.92 Å². The van der Waals surface area contributed by atoms with Crippen molar-refractivity contribution in [3.63, 3.8) is 0 Å². The molecule has 0 aromatic rings. The van der Waals surface area contributed by atoms with Gasteiger partial charge in [0.25, 0.3) is 0 Å². The maximum absolute atomic E-state index is 5.37. The second-order valence-corrected chi connectivity index (χ2v) is 4.29. The summed E-state index contributed by atoms with van der Waals surface area (Å²) in [5.41, 5.74) is 0. The Labute approximate surface area is 83.6 Å². The van der Waals surface area contributed by atoms with Crippen LogP contribution in [0.25, 0.3) is 0 Å². The minimum atomic E-state index is 0.587. The van der Waals surface area contributed by atoms with Gasteiger partial charge in [-0.1, -0.05) is 23.9 Å². The Morgan fingerprint density at radius 3 is 3.17 bits per heavy atom. The zero-order chi connectivity index (χ0) is 8.81. The third kappa shape index (κ3) is 3.59. The van der Waals surface area contributed by atoms with Crippen molar-refractivity contribution >= 4 is 28.4 Å². The molecule has 0 amide bonds. The fraction of sp³-hybridized carbons (Fsp3) is 0.667. The first-order valence-corrected chi connectivity index (χ1v) is 5.83. The van der Waals surface area contributed by atoms with Gasteiger partial charge in [0.2, 0.25) is 4.38 Å². The molecule has 1 nitrogen and oxygen atoms in total. The summed E-state index contributed by atoms with van der Waals surface area (Å²) >= 11 is 6.44. The van der Waals surface area contributed by atoms with E-state index in [0.29, 0.717) is 10.3 Å². The fourth-order valence-corrected chi connectivity index (χ4v) is 1.51. The van der Waals surface area contributed by atoms with Crippen LogP contribution in [0.4, 0.5) is 0 Å². The molecule has 0 radical (unpaired) electrons. The molecule has 12 heavy (non-hydrogen) atoms. The Balaban J connectivity index is 2.17. The number of rotatable bonds is 2. The van der Waals surface area contributed by atoms with E-state index < -0.39 is 0 Å². The average molecular weight is 202 g/mol. The SMILES string of the molecule is CSC(=S)OCC1C=CCCC1. The summed E-state index contributed by atoms with van der Waals surface area (Å²) in [6, 6.07) is 0. The largest absolute Gasteiger partial charge is 0.478 e. The van der Waals surface area contributed by atoms with Crippen LogP contribution in [0.3, 0.4) is 0 Å². The molecule has 0 bridgehead atoms. The zero-order valence-corrected chi connectivity index (χ0v) is 8.92. The highest BCUT2D eigenvalue weighted by Crippen LogP contribution is 2.17. The second-order valence-electron chi connectivity index (χ2n) is 2.88. The molecule has 1 rings (SSSR count). The van der Waals surface area contributed by atoms with Crippen molar-refractivity contribution in [2.24, 2.45) is 5.92 Å². The second kappa shape index (κ2) is 5.60. The van der Waals surface area contributed by atoms with Crippen LogP contribution in [0, 0.1) is 5.92 Å². The number of thiocarbonyl (C=S) groups is 1. The minimum Gasteiger partial charge on any atom is -0.478 e. The molecule has 1 aliphatic carbocycles. The summed E-state index contributed by atoms with van der Waals surface area (Å²) in [4.78, 5) is 0. The lowest BCUT2D eigenvalue weighted by atomic mass is 9.97. The molecule has 1 unspecified atom stereocenters. The van der Waals surface area contributed by atoms with Gasteiger partial charge in [-0.3, -0.25) is 0 Å². The first-order valence-electron chi connectivity index (χ1n) is 4.20. The average Bonchev–Trinajstić information content (AvgIpc) is 2.16. The van der Waals surface area contributed by atoms with Gasteiger partial charge in [0.15, 0.2) is 0 Å². The summed E-state index contributed by atoms with van der Waals surface area (Å²) in [6.45, 7) is 0.760. The Morgan fingerprint density at radius 2 is 2.58 bits per heavy atom. The number of ether oxygens (including phenoxy) is 1. The lowest BCUT2D eigenvalue weighted by molar-refractivity contribution is 0.264. The van der Waals surface area contributed by atoms with Crippen molar-refractivity contribution in [1.82, 2.24) is 0 Å². The van der Waals surface area contributed by atoms with Crippen LogP contribution in [0.2, 0.25) is 0 Å². The lowest BCUT2D eigenvalue weighted by Crippen LogP contribution is -2.11. The maximum atomic E-state index is 5.37. The van der Waals surface area contributed by atoms with E-state index in [9.17, 15) is 0 Å². The molecule has 0 saturated carbocycles. The van der Waals surface area contributed by atoms with Crippen LogP contribution in [-0.4, -0.2) is 17.2 Å². The number of hydrogen-bond donors (Lipinski definition) is 0. The van der Waals surface area contributed by atoms with E-state index in [0.717, 1.165) is 6.61 Å². The van der Waals surface area contributed by atoms with Crippen LogP contribution in [0.15, 0.2) is 12.2 Å². The molecule has 0 spiro atoms. The molecule has 0 aromatic heterocycles. The first-order chi connectivity index (χ1) is 5.83. The van der Waals surface area contributed by atoms with Crippen molar-refractivity contribution in [3.8, 4) is 0 Å². The maximum Gasteiger partial charge on any atom is 0.219 e. The van der Waals surface area contributed by atoms with Gasteiger partial charge in [0.05, 0.1) is 6.61 Å². The Hall–Kier alpha value is -0.0200. The predicted octanol–water partition coefficient (Wildman–Crippen LogP) is 3.01. The van der Waals surface area contributed by atoms with E-state index in [4.69, 9.17) is 17.0 Å². The Bertz CT molecular complexity index is 177. The highest BCUT2D eigenvalue weighted by atomic mass is 32.2. The van der Waals surface area contributed by atoms with Crippen molar-refractivity contribution in [2.75, 3.05) is 12.9 Å². The number of allylic oxidation sites excluding steroid dienone is 1. The summed E-state index contributed by atoms with van der Waals surface area (Å²) in [6.07, 6.45) is 10.2. The summed E-state index contributed by atoms with van der Waals surface area (Å²) < 4.78 is 6.03. The van der Waals surface area contributed by atoms with E-state index in [2.05, 4.69) is 12.2 Å². The van der Waals surface area contributed by atoms with Gasteiger partial charge in [-0.05, 0) is 37.7 Å². The standard InChI is InChI=1S/C9H14OS2/c1-12-9(11)10-7-8-5-3-2-4-6-8/h3,5,8H,2,4,6-7H2,1H3. The normalized spacial score (nSPS) is 22.2. The smallest absolute Gasteiger partial charge is 0.219 e. The molecule has 0 aliphatic heterocycles. The van der Waals surface area contributed by atoms with Crippen molar-refractivity contribution in [1.29, 1.82) is 0 Å². The molecular weight excluding hydrogens is 188 g/mol. The van der Waals surface area contributed by atoms with E-state index in [-0.39, 0.29) is 0 Å². The van der Waals surface area contributed by atoms with Crippen molar-refractivity contribution in [2.45, 2.75) is 19.3 Å². The summed E-state index contributed by atoms with van der Waals surface area (Å²) in [7, 11) is 0. The molecule has 0 heterocycles. The van der Waals surface area contributed by atoms with E-state index in [1.54, 1.807) is 0 Å². The van der Waals surface area contributed by atoms with Gasteiger partial charge in [-0.15, -0.1) is 0 Å². The van der Waals surface area contributed by atoms with Gasteiger partial charge in [-0.25, -0.2) is 0 Å². The number of thioether (sulfide) groups is 1. The summed E-state index contributed by atoms with van der Waals surface area (Å²) in [5, 5.41) is 0. The van der Waals surface area contributed by atoms with Crippen LogP contribution in [0.5, 0.6) is 0 Å². The fourth-order valence-electron chi connectivity index (χ4n) is 1.26. The molecule has 68 valence electrons. The van der Waals surface area contributed by atoms with Crippen molar-refractivity contribution < 1.29 is 4.74 Å². The van der Waals surface area contributed by atoms with Gasteiger partial charge >= 0.3 is 0 Å². The lowest BCUT2D eigenvalue weighted by Gasteiger charge is -2.16.